The highest BCUT2D eigenvalue weighted by atomic mass is 16.5. The van der Waals surface area contributed by atoms with E-state index < -0.39 is 16.6 Å². The first-order chi connectivity index (χ1) is 13.1. The summed E-state index contributed by atoms with van der Waals surface area (Å²) in [6.07, 6.45) is 3.46. The van der Waals surface area contributed by atoms with Crippen LogP contribution in [0.5, 0.6) is 0 Å². The lowest BCUT2D eigenvalue weighted by Gasteiger charge is -2.62. The van der Waals surface area contributed by atoms with Gasteiger partial charge in [0.1, 0.15) is 5.41 Å². The lowest BCUT2D eigenvalue weighted by atomic mass is 9.44. The minimum Gasteiger partial charge on any atom is -0.468 e. The largest absolute Gasteiger partial charge is 0.468 e. The second kappa shape index (κ2) is 5.56. The molecule has 3 N–H and O–H groups in total. The molecule has 2 bridgehead atoms. The highest BCUT2D eigenvalue weighted by Crippen LogP contribution is 2.70. The number of piperidine rings is 1. The zero-order chi connectivity index (χ0) is 18.9. The molecule has 1 aliphatic carbocycles. The van der Waals surface area contributed by atoms with Crippen molar-refractivity contribution in [2.75, 3.05) is 32.2 Å². The van der Waals surface area contributed by atoms with E-state index in [2.05, 4.69) is 22.8 Å². The van der Waals surface area contributed by atoms with Crippen LogP contribution in [0.4, 0.5) is 5.69 Å². The molecular weight excluding hydrogens is 344 g/mol. The first-order valence-corrected chi connectivity index (χ1v) is 9.70. The Kier molecular flexibility index (Phi) is 3.55. The number of carbonyl (C=O) groups is 1. The molecule has 5 atom stereocenters. The molecule has 1 aromatic carbocycles. The summed E-state index contributed by atoms with van der Waals surface area (Å²) < 4.78 is 11.8. The Morgan fingerprint density at radius 3 is 3.00 bits per heavy atom. The molecule has 5 rings (SSSR count). The van der Waals surface area contributed by atoms with Gasteiger partial charge in [0.25, 0.3) is 0 Å². The molecule has 6 heteroatoms. The molecule has 2 saturated heterocycles. The predicted molar refractivity (Wildman–Crippen MR) is 100 cm³/mol. The summed E-state index contributed by atoms with van der Waals surface area (Å²) in [4.78, 5) is 13.5. The highest BCUT2D eigenvalue weighted by Gasteiger charge is 2.81. The monoisotopic (exact) mass is 370 g/mol. The van der Waals surface area contributed by atoms with E-state index >= 15 is 0 Å². The van der Waals surface area contributed by atoms with Crippen molar-refractivity contribution >= 4 is 11.7 Å². The molecule has 3 fully saturated rings. The minimum atomic E-state index is -1.09. The summed E-state index contributed by atoms with van der Waals surface area (Å²) in [6, 6.07) is 8.14. The molecule has 1 saturated carbocycles. The Morgan fingerprint density at radius 1 is 1.44 bits per heavy atom. The van der Waals surface area contributed by atoms with Crippen LogP contribution in [0.25, 0.3) is 0 Å². The molecule has 3 aliphatic heterocycles. The third-order valence-corrected chi connectivity index (χ3v) is 7.64. The SMILES string of the molecule is C/C=C1\CNC2CC1C(CO)(C(=O)OC)C13CCOC21Nc1ccccc13. The normalized spacial score (nSPS) is 42.9. The number of fused-ring (bicyclic) bond motifs is 3. The molecule has 6 nitrogen and oxygen atoms in total. The van der Waals surface area contributed by atoms with Crippen molar-refractivity contribution in [2.24, 2.45) is 11.3 Å². The summed E-state index contributed by atoms with van der Waals surface area (Å²) in [5.74, 6) is -0.433. The van der Waals surface area contributed by atoms with Gasteiger partial charge in [0.15, 0.2) is 5.72 Å². The van der Waals surface area contributed by atoms with Gasteiger partial charge in [0.05, 0.1) is 31.8 Å². The maximum Gasteiger partial charge on any atom is 0.315 e. The number of carbonyl (C=O) groups excluding carboxylic acids is 1. The fraction of sp³-hybridized carbons (Fsp3) is 0.571. The van der Waals surface area contributed by atoms with E-state index in [9.17, 15) is 9.90 Å². The number of para-hydroxylation sites is 1. The van der Waals surface area contributed by atoms with Gasteiger partial charge in [-0.1, -0.05) is 29.8 Å². The third kappa shape index (κ3) is 1.67. The zero-order valence-corrected chi connectivity index (χ0v) is 15.7. The van der Waals surface area contributed by atoms with Gasteiger partial charge in [-0.05, 0) is 31.4 Å². The summed E-state index contributed by atoms with van der Waals surface area (Å²) in [5, 5.41) is 18.1. The van der Waals surface area contributed by atoms with Crippen LogP contribution in [-0.4, -0.2) is 49.7 Å². The average molecular weight is 370 g/mol. The van der Waals surface area contributed by atoms with Gasteiger partial charge >= 0.3 is 5.97 Å². The van der Waals surface area contributed by atoms with Crippen LogP contribution < -0.4 is 10.6 Å². The van der Waals surface area contributed by atoms with Crippen LogP contribution in [0, 0.1) is 11.3 Å². The van der Waals surface area contributed by atoms with E-state index in [1.54, 1.807) is 0 Å². The summed E-state index contributed by atoms with van der Waals surface area (Å²) in [6.45, 7) is 2.96. The lowest BCUT2D eigenvalue weighted by molar-refractivity contribution is -0.192. The van der Waals surface area contributed by atoms with Crippen molar-refractivity contribution in [3.8, 4) is 0 Å². The van der Waals surface area contributed by atoms with Gasteiger partial charge in [0, 0.05) is 18.2 Å². The third-order valence-electron chi connectivity index (χ3n) is 7.64. The van der Waals surface area contributed by atoms with Crippen LogP contribution >= 0.6 is 0 Å². The Bertz CT molecular complexity index is 839. The molecule has 5 unspecified atom stereocenters. The number of benzene rings is 1. The number of esters is 1. The molecule has 0 amide bonds. The van der Waals surface area contributed by atoms with E-state index in [1.807, 2.05) is 25.1 Å². The van der Waals surface area contributed by atoms with Crippen LogP contribution in [0.3, 0.4) is 0 Å². The second-order valence-electron chi connectivity index (χ2n) is 8.12. The zero-order valence-electron chi connectivity index (χ0n) is 15.7. The average Bonchev–Trinajstić information content (AvgIpc) is 3.22. The fourth-order valence-corrected chi connectivity index (χ4v) is 6.67. The molecule has 27 heavy (non-hydrogen) atoms. The number of hydrogen-bond donors (Lipinski definition) is 3. The van der Waals surface area contributed by atoms with Crippen LogP contribution in [-0.2, 0) is 19.7 Å². The highest BCUT2D eigenvalue weighted by molar-refractivity contribution is 5.85. The maximum atomic E-state index is 13.5. The fourth-order valence-electron chi connectivity index (χ4n) is 6.67. The lowest BCUT2D eigenvalue weighted by Crippen LogP contribution is -2.78. The van der Waals surface area contributed by atoms with E-state index in [4.69, 9.17) is 9.47 Å². The van der Waals surface area contributed by atoms with Crippen molar-refractivity contribution < 1.29 is 19.4 Å². The number of aliphatic hydroxyl groups excluding tert-OH is 1. The second-order valence-corrected chi connectivity index (χ2v) is 8.12. The van der Waals surface area contributed by atoms with Crippen molar-refractivity contribution in [1.82, 2.24) is 5.32 Å². The number of anilines is 1. The number of hydrogen-bond acceptors (Lipinski definition) is 6. The molecule has 0 spiro atoms. The van der Waals surface area contributed by atoms with Crippen molar-refractivity contribution in [3.63, 3.8) is 0 Å². The van der Waals surface area contributed by atoms with Gasteiger partial charge in [-0.25, -0.2) is 0 Å². The van der Waals surface area contributed by atoms with E-state index in [0.717, 1.165) is 23.2 Å². The minimum absolute atomic E-state index is 0.0467. The molecule has 4 aliphatic rings. The first-order valence-electron chi connectivity index (χ1n) is 9.70. The Labute approximate surface area is 158 Å². The smallest absolute Gasteiger partial charge is 0.315 e. The summed E-state index contributed by atoms with van der Waals surface area (Å²) >= 11 is 0. The Morgan fingerprint density at radius 2 is 2.26 bits per heavy atom. The summed E-state index contributed by atoms with van der Waals surface area (Å²) in [5.41, 5.74) is 0.658. The van der Waals surface area contributed by atoms with Gasteiger partial charge in [-0.3, -0.25) is 4.79 Å². The van der Waals surface area contributed by atoms with E-state index in [-0.39, 0.29) is 24.5 Å². The van der Waals surface area contributed by atoms with Crippen molar-refractivity contribution in [2.45, 2.75) is 36.9 Å². The molecular formula is C21H26N2O4. The number of allylic oxidation sites excluding steroid dienone is 1. The number of aliphatic hydroxyl groups is 1. The standard InChI is InChI=1S/C21H26N2O4/c1-3-13-11-22-17-10-15(13)19(12-24,18(25)26-2)20-8-9-27-21(17,20)23-16-7-5-4-6-14(16)20/h3-7,15,17,22-24H,8-12H2,1-2H3/b13-3+. The molecule has 0 aromatic heterocycles. The van der Waals surface area contributed by atoms with Crippen LogP contribution in [0.1, 0.15) is 25.3 Å². The van der Waals surface area contributed by atoms with Gasteiger partial charge in [0.2, 0.25) is 0 Å². The number of nitrogens with one attached hydrogen (secondary N) is 2. The van der Waals surface area contributed by atoms with Crippen LogP contribution in [0.2, 0.25) is 0 Å². The van der Waals surface area contributed by atoms with Crippen molar-refractivity contribution in [1.29, 1.82) is 0 Å². The van der Waals surface area contributed by atoms with Gasteiger partial charge in [-0.2, -0.15) is 0 Å². The molecule has 1 aromatic rings. The van der Waals surface area contributed by atoms with E-state index in [0.29, 0.717) is 19.6 Å². The topological polar surface area (TPSA) is 79.8 Å². The van der Waals surface area contributed by atoms with Gasteiger partial charge < -0.3 is 25.2 Å². The van der Waals surface area contributed by atoms with Gasteiger partial charge in [-0.15, -0.1) is 0 Å². The van der Waals surface area contributed by atoms with Crippen molar-refractivity contribution in [3.05, 3.63) is 41.5 Å². The predicted octanol–water partition coefficient (Wildman–Crippen LogP) is 1.56. The maximum absolute atomic E-state index is 13.5. The Balaban J connectivity index is 1.87. The molecule has 144 valence electrons. The van der Waals surface area contributed by atoms with E-state index in [1.165, 1.54) is 7.11 Å². The first kappa shape index (κ1) is 17.2. The number of ether oxygens (including phenoxy) is 2. The Hall–Kier alpha value is -1.89. The number of methoxy groups -OCH3 is 1. The van der Waals surface area contributed by atoms with Crippen LogP contribution in [0.15, 0.2) is 35.9 Å². The summed E-state index contributed by atoms with van der Waals surface area (Å²) in [7, 11) is 1.42. The molecule has 0 radical (unpaired) electrons. The molecule has 3 heterocycles. The quantitative estimate of drug-likeness (QED) is 0.542. The number of rotatable bonds is 2.